The molecular formula is C17H22Cl2N2O2. The molecule has 0 saturated carbocycles. The van der Waals surface area contributed by atoms with E-state index in [1.54, 1.807) is 17.0 Å². The predicted molar refractivity (Wildman–Crippen MR) is 92.8 cm³/mol. The molecule has 1 atom stereocenters. The normalized spacial score (nSPS) is 17.9. The lowest BCUT2D eigenvalue weighted by atomic mass is 10.00. The van der Waals surface area contributed by atoms with Crippen LogP contribution < -0.4 is 5.32 Å². The molecule has 1 aliphatic heterocycles. The van der Waals surface area contributed by atoms with Gasteiger partial charge in [0, 0.05) is 29.2 Å². The number of carbonyl (C=O) groups is 2. The predicted octanol–water partition coefficient (Wildman–Crippen LogP) is 3.44. The van der Waals surface area contributed by atoms with Gasteiger partial charge in [-0.2, -0.15) is 0 Å². The zero-order valence-electron chi connectivity index (χ0n) is 13.3. The first-order valence-electron chi connectivity index (χ1n) is 8.05. The van der Waals surface area contributed by atoms with Crippen molar-refractivity contribution in [2.24, 2.45) is 0 Å². The van der Waals surface area contributed by atoms with Crippen molar-refractivity contribution in [3.05, 3.63) is 33.8 Å². The molecule has 1 aromatic carbocycles. The molecule has 4 nitrogen and oxygen atoms in total. The number of nitrogens with zero attached hydrogens (tertiary/aromatic N) is 1. The van der Waals surface area contributed by atoms with E-state index >= 15 is 0 Å². The third-order valence-electron chi connectivity index (χ3n) is 4.25. The van der Waals surface area contributed by atoms with Crippen molar-refractivity contribution in [2.45, 2.75) is 45.1 Å². The molecule has 0 radical (unpaired) electrons. The molecule has 23 heavy (non-hydrogen) atoms. The molecule has 0 aliphatic carbocycles. The molecule has 1 heterocycles. The molecule has 6 heteroatoms. The first-order chi connectivity index (χ1) is 11.0. The second-order valence-corrected chi connectivity index (χ2v) is 6.64. The summed E-state index contributed by atoms with van der Waals surface area (Å²) in [7, 11) is 0. The second kappa shape index (κ2) is 8.55. The molecule has 126 valence electrons. The number of piperidine rings is 1. The average Bonchev–Trinajstić information content (AvgIpc) is 2.56. The van der Waals surface area contributed by atoms with Gasteiger partial charge in [-0.25, -0.2) is 0 Å². The summed E-state index contributed by atoms with van der Waals surface area (Å²) in [6.07, 6.45) is 4.52. The number of hydrogen-bond donors (Lipinski definition) is 1. The van der Waals surface area contributed by atoms with Crippen molar-refractivity contribution >= 4 is 35.0 Å². The average molecular weight is 357 g/mol. The third kappa shape index (κ3) is 4.85. The Morgan fingerprint density at radius 2 is 2.09 bits per heavy atom. The van der Waals surface area contributed by atoms with Gasteiger partial charge in [0.1, 0.15) is 0 Å². The topological polar surface area (TPSA) is 49.4 Å². The standard InChI is InChI=1S/C17H22Cl2N2O2/c1-2-14-5-3-4-10-21(14)17(23)16(22)20-9-8-12-6-7-13(18)11-15(12)19/h6-7,11,14H,2-5,8-10H2,1H3,(H,20,22). The van der Waals surface area contributed by atoms with E-state index in [4.69, 9.17) is 23.2 Å². The second-order valence-electron chi connectivity index (χ2n) is 5.80. The summed E-state index contributed by atoms with van der Waals surface area (Å²) in [6, 6.07) is 5.45. The quantitative estimate of drug-likeness (QED) is 0.840. The summed E-state index contributed by atoms with van der Waals surface area (Å²) >= 11 is 11.9. The van der Waals surface area contributed by atoms with Crippen LogP contribution in [0.3, 0.4) is 0 Å². The Kier molecular flexibility index (Phi) is 6.72. The van der Waals surface area contributed by atoms with E-state index < -0.39 is 11.8 Å². The van der Waals surface area contributed by atoms with Gasteiger partial charge in [0.2, 0.25) is 0 Å². The molecular weight excluding hydrogens is 335 g/mol. The third-order valence-corrected chi connectivity index (χ3v) is 4.84. The lowest BCUT2D eigenvalue weighted by molar-refractivity contribution is -0.148. The number of nitrogens with one attached hydrogen (secondary N) is 1. The van der Waals surface area contributed by atoms with Gasteiger partial charge in [0.25, 0.3) is 0 Å². The first kappa shape index (κ1) is 18.1. The molecule has 1 saturated heterocycles. The van der Waals surface area contributed by atoms with Gasteiger partial charge in [0.15, 0.2) is 0 Å². The van der Waals surface area contributed by atoms with Crippen molar-refractivity contribution in [2.75, 3.05) is 13.1 Å². The molecule has 1 aromatic rings. The largest absolute Gasteiger partial charge is 0.347 e. The SMILES string of the molecule is CCC1CCCCN1C(=O)C(=O)NCCc1ccc(Cl)cc1Cl. The zero-order valence-corrected chi connectivity index (χ0v) is 14.8. The van der Waals surface area contributed by atoms with Crippen LogP contribution in [0.25, 0.3) is 0 Å². The number of likely N-dealkylation sites (tertiary alicyclic amines) is 1. The summed E-state index contributed by atoms with van der Waals surface area (Å²) in [5.74, 6) is -0.950. The van der Waals surface area contributed by atoms with Crippen LogP contribution in [0, 0.1) is 0 Å². The summed E-state index contributed by atoms with van der Waals surface area (Å²) in [5.41, 5.74) is 0.897. The van der Waals surface area contributed by atoms with Crippen LogP contribution in [0.5, 0.6) is 0 Å². The Morgan fingerprint density at radius 3 is 2.78 bits per heavy atom. The zero-order chi connectivity index (χ0) is 16.8. The molecule has 0 aromatic heterocycles. The van der Waals surface area contributed by atoms with Crippen LogP contribution in [0.15, 0.2) is 18.2 Å². The van der Waals surface area contributed by atoms with Gasteiger partial charge >= 0.3 is 11.8 Å². The number of rotatable bonds is 4. The molecule has 1 N–H and O–H groups in total. The van der Waals surface area contributed by atoms with Crippen molar-refractivity contribution in [1.29, 1.82) is 0 Å². The van der Waals surface area contributed by atoms with Crippen molar-refractivity contribution in [3.63, 3.8) is 0 Å². The van der Waals surface area contributed by atoms with E-state index in [0.29, 0.717) is 29.6 Å². The number of amides is 2. The van der Waals surface area contributed by atoms with E-state index in [1.807, 2.05) is 6.07 Å². The van der Waals surface area contributed by atoms with Crippen LogP contribution >= 0.6 is 23.2 Å². The Balaban J connectivity index is 1.85. The van der Waals surface area contributed by atoms with Crippen LogP contribution in [0.1, 0.15) is 38.2 Å². The maximum Gasteiger partial charge on any atom is 0.312 e. The van der Waals surface area contributed by atoms with E-state index in [1.165, 1.54) is 0 Å². The summed E-state index contributed by atoms with van der Waals surface area (Å²) in [4.78, 5) is 26.1. The number of halogens is 2. The van der Waals surface area contributed by atoms with Gasteiger partial charge in [-0.3, -0.25) is 9.59 Å². The van der Waals surface area contributed by atoms with E-state index in [-0.39, 0.29) is 6.04 Å². The lowest BCUT2D eigenvalue weighted by Crippen LogP contribution is -2.50. The van der Waals surface area contributed by atoms with Gasteiger partial charge in [-0.1, -0.05) is 36.2 Å². The molecule has 1 unspecified atom stereocenters. The summed E-state index contributed by atoms with van der Waals surface area (Å²) in [5, 5.41) is 3.84. The van der Waals surface area contributed by atoms with Crippen LogP contribution in [0.4, 0.5) is 0 Å². The minimum absolute atomic E-state index is 0.188. The smallest absolute Gasteiger partial charge is 0.312 e. The number of carbonyl (C=O) groups excluding carboxylic acids is 2. The monoisotopic (exact) mass is 356 g/mol. The fourth-order valence-corrected chi connectivity index (χ4v) is 3.44. The Morgan fingerprint density at radius 1 is 1.30 bits per heavy atom. The highest BCUT2D eigenvalue weighted by Crippen LogP contribution is 2.21. The minimum Gasteiger partial charge on any atom is -0.347 e. The molecule has 2 rings (SSSR count). The number of hydrogen-bond acceptors (Lipinski definition) is 2. The van der Waals surface area contributed by atoms with E-state index in [2.05, 4.69) is 12.2 Å². The molecule has 0 spiro atoms. The number of benzene rings is 1. The highest BCUT2D eigenvalue weighted by atomic mass is 35.5. The molecule has 1 aliphatic rings. The minimum atomic E-state index is -0.532. The highest BCUT2D eigenvalue weighted by Gasteiger charge is 2.29. The van der Waals surface area contributed by atoms with Crippen LogP contribution in [0.2, 0.25) is 10.0 Å². The maximum absolute atomic E-state index is 12.3. The fourth-order valence-electron chi connectivity index (χ4n) is 2.93. The molecule has 2 amide bonds. The van der Waals surface area contributed by atoms with E-state index in [9.17, 15) is 9.59 Å². The Labute approximate surface area is 147 Å². The fraction of sp³-hybridized carbons (Fsp3) is 0.529. The summed E-state index contributed by atoms with van der Waals surface area (Å²) in [6.45, 7) is 3.10. The van der Waals surface area contributed by atoms with Crippen LogP contribution in [-0.4, -0.2) is 35.8 Å². The van der Waals surface area contributed by atoms with Crippen molar-refractivity contribution < 1.29 is 9.59 Å². The van der Waals surface area contributed by atoms with Gasteiger partial charge < -0.3 is 10.2 Å². The molecule has 0 bridgehead atoms. The van der Waals surface area contributed by atoms with Gasteiger partial charge in [-0.15, -0.1) is 0 Å². The molecule has 1 fully saturated rings. The van der Waals surface area contributed by atoms with Gasteiger partial charge in [-0.05, 0) is 49.8 Å². The Bertz CT molecular complexity index is 578. The summed E-state index contributed by atoms with van der Waals surface area (Å²) < 4.78 is 0. The van der Waals surface area contributed by atoms with Crippen LogP contribution in [-0.2, 0) is 16.0 Å². The van der Waals surface area contributed by atoms with Crippen molar-refractivity contribution in [3.8, 4) is 0 Å². The Hall–Kier alpha value is -1.26. The van der Waals surface area contributed by atoms with Gasteiger partial charge in [0.05, 0.1) is 0 Å². The van der Waals surface area contributed by atoms with Crippen molar-refractivity contribution in [1.82, 2.24) is 10.2 Å². The first-order valence-corrected chi connectivity index (χ1v) is 8.81. The maximum atomic E-state index is 12.3. The lowest BCUT2D eigenvalue weighted by Gasteiger charge is -2.34. The van der Waals surface area contributed by atoms with E-state index in [0.717, 1.165) is 31.2 Å². The highest BCUT2D eigenvalue weighted by molar-refractivity contribution is 6.35.